The van der Waals surface area contributed by atoms with Crippen molar-refractivity contribution in [3.8, 4) is 0 Å². The van der Waals surface area contributed by atoms with Crippen molar-refractivity contribution in [2.45, 2.75) is 13.3 Å². The molecule has 0 spiro atoms. The molecule has 1 heterocycles. The van der Waals surface area contributed by atoms with Gasteiger partial charge in [0.25, 0.3) is 5.91 Å². The van der Waals surface area contributed by atoms with E-state index >= 15 is 0 Å². The molecule has 2 rings (SSSR count). The van der Waals surface area contributed by atoms with Crippen molar-refractivity contribution in [2.75, 3.05) is 44.7 Å². The van der Waals surface area contributed by atoms with Crippen molar-refractivity contribution < 1.29 is 14.7 Å². The molecule has 0 bridgehead atoms. The number of nitrogens with zero attached hydrogens (tertiary/aromatic N) is 2. The Morgan fingerprint density at radius 2 is 2.04 bits per heavy atom. The van der Waals surface area contributed by atoms with Gasteiger partial charge in [-0.2, -0.15) is 0 Å². The highest BCUT2D eigenvalue weighted by molar-refractivity contribution is 5.95. The van der Waals surface area contributed by atoms with Gasteiger partial charge in [0.05, 0.1) is 12.5 Å². The van der Waals surface area contributed by atoms with E-state index in [-0.39, 0.29) is 24.3 Å². The summed E-state index contributed by atoms with van der Waals surface area (Å²) in [6, 6.07) is 7.34. The number of aliphatic hydroxyl groups excluding tert-OH is 1. The molecule has 126 valence electrons. The van der Waals surface area contributed by atoms with Gasteiger partial charge in [-0.05, 0) is 37.6 Å². The van der Waals surface area contributed by atoms with E-state index < -0.39 is 0 Å². The molecular formula is C17H25N3O3. The Kier molecular flexibility index (Phi) is 5.98. The monoisotopic (exact) mass is 319 g/mol. The molecule has 0 saturated carbocycles. The van der Waals surface area contributed by atoms with Crippen LogP contribution in [-0.4, -0.2) is 61.7 Å². The average Bonchev–Trinajstić information content (AvgIpc) is 3.05. The largest absolute Gasteiger partial charge is 0.395 e. The molecule has 0 unspecified atom stereocenters. The average molecular weight is 319 g/mol. The molecule has 1 aliphatic rings. The first-order valence-electron chi connectivity index (χ1n) is 8.05. The smallest absolute Gasteiger partial charge is 0.253 e. The fraction of sp³-hybridized carbons (Fsp3) is 0.529. The standard InChI is InChI=1S/C17H25N3O3/c1-3-18-16(22)14-8-9-20(12-14)17(23)13-4-6-15(7-5-13)19(2)10-11-21/h4-7,14,21H,3,8-12H2,1-2H3,(H,18,22)/t14-/m0/s1. The third-order valence-corrected chi connectivity index (χ3v) is 4.19. The van der Waals surface area contributed by atoms with Gasteiger partial charge < -0.3 is 20.2 Å². The molecule has 6 heteroatoms. The third kappa shape index (κ3) is 4.22. The lowest BCUT2D eigenvalue weighted by Gasteiger charge is -2.19. The summed E-state index contributed by atoms with van der Waals surface area (Å²) < 4.78 is 0. The van der Waals surface area contributed by atoms with E-state index in [9.17, 15) is 9.59 Å². The van der Waals surface area contributed by atoms with Gasteiger partial charge in [-0.15, -0.1) is 0 Å². The number of nitrogens with one attached hydrogen (secondary N) is 1. The first-order valence-corrected chi connectivity index (χ1v) is 8.05. The number of carbonyl (C=O) groups is 2. The van der Waals surface area contributed by atoms with E-state index in [1.807, 2.05) is 31.0 Å². The van der Waals surface area contributed by atoms with Crippen molar-refractivity contribution in [1.82, 2.24) is 10.2 Å². The summed E-state index contributed by atoms with van der Waals surface area (Å²) in [5, 5.41) is 11.8. The van der Waals surface area contributed by atoms with Gasteiger partial charge in [0.1, 0.15) is 0 Å². The Labute approximate surface area is 137 Å². The van der Waals surface area contributed by atoms with Crippen molar-refractivity contribution >= 4 is 17.5 Å². The van der Waals surface area contributed by atoms with Crippen LogP contribution >= 0.6 is 0 Å². The summed E-state index contributed by atoms with van der Waals surface area (Å²) in [5.41, 5.74) is 1.58. The molecule has 1 fully saturated rings. The first kappa shape index (κ1) is 17.3. The summed E-state index contributed by atoms with van der Waals surface area (Å²) in [4.78, 5) is 28.0. The van der Waals surface area contributed by atoms with E-state index in [2.05, 4.69) is 5.32 Å². The van der Waals surface area contributed by atoms with Crippen LogP contribution in [0.3, 0.4) is 0 Å². The Balaban J connectivity index is 1.97. The van der Waals surface area contributed by atoms with Gasteiger partial charge in [0.2, 0.25) is 5.91 Å². The number of anilines is 1. The summed E-state index contributed by atoms with van der Waals surface area (Å²) >= 11 is 0. The minimum atomic E-state index is -0.103. The fourth-order valence-electron chi connectivity index (χ4n) is 2.80. The number of amides is 2. The number of aliphatic hydroxyl groups is 1. The van der Waals surface area contributed by atoms with E-state index in [1.165, 1.54) is 0 Å². The van der Waals surface area contributed by atoms with E-state index in [1.54, 1.807) is 17.0 Å². The molecule has 23 heavy (non-hydrogen) atoms. The molecule has 0 aliphatic carbocycles. The molecule has 1 atom stereocenters. The maximum atomic E-state index is 12.5. The zero-order chi connectivity index (χ0) is 16.8. The van der Waals surface area contributed by atoms with Crippen LogP contribution in [0, 0.1) is 5.92 Å². The second kappa shape index (κ2) is 7.97. The van der Waals surface area contributed by atoms with Crippen LogP contribution in [-0.2, 0) is 4.79 Å². The minimum absolute atomic E-state index is 0.0313. The number of hydrogen-bond acceptors (Lipinski definition) is 4. The van der Waals surface area contributed by atoms with Crippen molar-refractivity contribution in [3.63, 3.8) is 0 Å². The van der Waals surface area contributed by atoms with Crippen LogP contribution < -0.4 is 10.2 Å². The lowest BCUT2D eigenvalue weighted by molar-refractivity contribution is -0.124. The van der Waals surface area contributed by atoms with Crippen LogP contribution in [0.5, 0.6) is 0 Å². The van der Waals surface area contributed by atoms with Crippen molar-refractivity contribution in [3.05, 3.63) is 29.8 Å². The molecule has 1 aromatic rings. The number of likely N-dealkylation sites (tertiary alicyclic amines) is 1. The SMILES string of the molecule is CCNC(=O)[C@H]1CCN(C(=O)c2ccc(N(C)CCO)cc2)C1. The number of likely N-dealkylation sites (N-methyl/N-ethyl adjacent to an activating group) is 1. The van der Waals surface area contributed by atoms with Crippen molar-refractivity contribution in [1.29, 1.82) is 0 Å². The van der Waals surface area contributed by atoms with Gasteiger partial charge >= 0.3 is 0 Å². The predicted octanol–water partition coefficient (Wildman–Crippen LogP) is 0.713. The van der Waals surface area contributed by atoms with Crippen LogP contribution in [0.1, 0.15) is 23.7 Å². The summed E-state index contributed by atoms with van der Waals surface area (Å²) in [5.74, 6) is -0.106. The molecule has 0 aromatic heterocycles. The maximum absolute atomic E-state index is 12.5. The molecule has 2 N–H and O–H groups in total. The van der Waals surface area contributed by atoms with Gasteiger partial charge in [-0.1, -0.05) is 0 Å². The van der Waals surface area contributed by atoms with Gasteiger partial charge in [0, 0.05) is 44.5 Å². The first-order chi connectivity index (χ1) is 11.1. The van der Waals surface area contributed by atoms with Gasteiger partial charge in [-0.3, -0.25) is 9.59 Å². The third-order valence-electron chi connectivity index (χ3n) is 4.19. The molecule has 1 saturated heterocycles. The predicted molar refractivity (Wildman–Crippen MR) is 89.5 cm³/mol. The Morgan fingerprint density at radius 1 is 1.35 bits per heavy atom. The van der Waals surface area contributed by atoms with E-state index in [0.717, 1.165) is 12.1 Å². The zero-order valence-electron chi connectivity index (χ0n) is 13.8. The van der Waals surface area contributed by atoms with Crippen LogP contribution in [0.2, 0.25) is 0 Å². The lowest BCUT2D eigenvalue weighted by Crippen LogP contribution is -2.34. The molecule has 2 amide bonds. The van der Waals surface area contributed by atoms with E-state index in [0.29, 0.717) is 31.7 Å². The Hall–Kier alpha value is -2.08. The summed E-state index contributed by atoms with van der Waals surface area (Å²) in [6.07, 6.45) is 0.717. The molecule has 1 aliphatic heterocycles. The minimum Gasteiger partial charge on any atom is -0.395 e. The number of hydrogen-bond donors (Lipinski definition) is 2. The summed E-state index contributed by atoms with van der Waals surface area (Å²) in [7, 11) is 1.89. The topological polar surface area (TPSA) is 72.9 Å². The lowest BCUT2D eigenvalue weighted by atomic mass is 10.1. The highest BCUT2D eigenvalue weighted by Crippen LogP contribution is 2.20. The number of rotatable bonds is 6. The summed E-state index contributed by atoms with van der Waals surface area (Å²) in [6.45, 7) is 4.25. The Morgan fingerprint density at radius 3 is 2.65 bits per heavy atom. The second-order valence-electron chi connectivity index (χ2n) is 5.82. The zero-order valence-corrected chi connectivity index (χ0v) is 13.8. The Bertz CT molecular complexity index is 545. The van der Waals surface area contributed by atoms with Crippen LogP contribution in [0.15, 0.2) is 24.3 Å². The fourth-order valence-corrected chi connectivity index (χ4v) is 2.80. The maximum Gasteiger partial charge on any atom is 0.253 e. The highest BCUT2D eigenvalue weighted by Gasteiger charge is 2.31. The van der Waals surface area contributed by atoms with E-state index in [4.69, 9.17) is 5.11 Å². The van der Waals surface area contributed by atoms with Gasteiger partial charge in [0.15, 0.2) is 0 Å². The van der Waals surface area contributed by atoms with Gasteiger partial charge in [-0.25, -0.2) is 0 Å². The van der Waals surface area contributed by atoms with Crippen molar-refractivity contribution in [2.24, 2.45) is 5.92 Å². The quantitative estimate of drug-likeness (QED) is 0.810. The normalized spacial score (nSPS) is 17.2. The number of benzene rings is 1. The molecule has 6 nitrogen and oxygen atoms in total. The number of carbonyl (C=O) groups excluding carboxylic acids is 2. The van der Waals surface area contributed by atoms with Crippen LogP contribution in [0.25, 0.3) is 0 Å². The highest BCUT2D eigenvalue weighted by atomic mass is 16.3. The van der Waals surface area contributed by atoms with Crippen LogP contribution in [0.4, 0.5) is 5.69 Å². The second-order valence-corrected chi connectivity index (χ2v) is 5.82. The molecule has 1 aromatic carbocycles. The molecule has 0 radical (unpaired) electrons. The molecular weight excluding hydrogens is 294 g/mol.